The fourth-order valence-electron chi connectivity index (χ4n) is 1.65. The molecular formula is C12H12BrN7S. The molecule has 3 heterocycles. The zero-order valence-corrected chi connectivity index (χ0v) is 13.6. The maximum absolute atomic E-state index is 4.47. The monoisotopic (exact) mass is 365 g/mol. The van der Waals surface area contributed by atoms with Gasteiger partial charge in [0.05, 0.1) is 4.88 Å². The van der Waals surface area contributed by atoms with Crippen LogP contribution in [0.5, 0.6) is 0 Å². The highest BCUT2D eigenvalue weighted by atomic mass is 79.9. The molecule has 0 saturated heterocycles. The van der Waals surface area contributed by atoms with E-state index in [2.05, 4.69) is 53.2 Å². The van der Waals surface area contributed by atoms with Crippen LogP contribution in [-0.4, -0.2) is 36.3 Å². The SMILES string of the molecule is CCCNc1nc(-c2sccc2Br)nc(-n2cncn2)n1. The molecule has 0 aromatic carbocycles. The minimum absolute atomic E-state index is 0.441. The normalized spacial score (nSPS) is 10.8. The van der Waals surface area contributed by atoms with E-state index in [1.807, 2.05) is 11.4 Å². The second kappa shape index (κ2) is 6.27. The lowest BCUT2D eigenvalue weighted by Crippen LogP contribution is -2.10. The number of anilines is 1. The van der Waals surface area contributed by atoms with E-state index in [1.54, 1.807) is 17.7 Å². The van der Waals surface area contributed by atoms with Gasteiger partial charge in [-0.15, -0.1) is 11.3 Å². The Labute approximate surface area is 133 Å². The average molecular weight is 366 g/mol. The van der Waals surface area contributed by atoms with Crippen LogP contribution in [0.3, 0.4) is 0 Å². The molecule has 0 aliphatic rings. The molecule has 7 nitrogen and oxygen atoms in total. The zero-order valence-electron chi connectivity index (χ0n) is 11.2. The van der Waals surface area contributed by atoms with Crippen molar-refractivity contribution in [1.29, 1.82) is 0 Å². The van der Waals surface area contributed by atoms with Gasteiger partial charge in [-0.05, 0) is 33.8 Å². The van der Waals surface area contributed by atoms with E-state index in [9.17, 15) is 0 Å². The molecular weight excluding hydrogens is 354 g/mol. The van der Waals surface area contributed by atoms with Gasteiger partial charge in [0.1, 0.15) is 12.7 Å². The van der Waals surface area contributed by atoms with Crippen molar-refractivity contribution in [1.82, 2.24) is 29.7 Å². The Morgan fingerprint density at radius 2 is 2.24 bits per heavy atom. The molecule has 3 aromatic heterocycles. The molecule has 0 bridgehead atoms. The van der Waals surface area contributed by atoms with Crippen molar-refractivity contribution in [2.24, 2.45) is 0 Å². The quantitative estimate of drug-likeness (QED) is 0.748. The number of nitrogens with one attached hydrogen (secondary N) is 1. The van der Waals surface area contributed by atoms with Crippen molar-refractivity contribution in [3.8, 4) is 16.6 Å². The van der Waals surface area contributed by atoms with Gasteiger partial charge >= 0.3 is 0 Å². The molecule has 0 radical (unpaired) electrons. The first kappa shape index (κ1) is 14.1. The van der Waals surface area contributed by atoms with Crippen LogP contribution in [0.1, 0.15) is 13.3 Å². The summed E-state index contributed by atoms with van der Waals surface area (Å²) in [6, 6.07) is 1.97. The van der Waals surface area contributed by atoms with E-state index in [-0.39, 0.29) is 0 Å². The third-order valence-electron chi connectivity index (χ3n) is 2.60. The Balaban J connectivity index is 2.07. The van der Waals surface area contributed by atoms with Gasteiger partial charge in [-0.3, -0.25) is 0 Å². The van der Waals surface area contributed by atoms with Crippen LogP contribution in [0.15, 0.2) is 28.6 Å². The van der Waals surface area contributed by atoms with E-state index in [1.165, 1.54) is 11.0 Å². The van der Waals surface area contributed by atoms with Crippen LogP contribution in [0.4, 0.5) is 5.95 Å². The molecule has 0 atom stereocenters. The Bertz CT molecular complexity index is 725. The first-order valence-electron chi connectivity index (χ1n) is 6.36. The average Bonchev–Trinajstić information content (AvgIpc) is 3.16. The van der Waals surface area contributed by atoms with Gasteiger partial charge < -0.3 is 5.32 Å². The van der Waals surface area contributed by atoms with Crippen LogP contribution in [-0.2, 0) is 0 Å². The predicted molar refractivity (Wildman–Crippen MR) is 84.5 cm³/mol. The summed E-state index contributed by atoms with van der Waals surface area (Å²) >= 11 is 5.08. The second-order valence-corrected chi connectivity index (χ2v) is 5.92. The van der Waals surface area contributed by atoms with Crippen molar-refractivity contribution in [3.63, 3.8) is 0 Å². The number of halogens is 1. The van der Waals surface area contributed by atoms with Crippen LogP contribution < -0.4 is 5.32 Å². The van der Waals surface area contributed by atoms with Gasteiger partial charge in [0, 0.05) is 11.0 Å². The maximum atomic E-state index is 4.47. The highest BCUT2D eigenvalue weighted by molar-refractivity contribution is 9.10. The van der Waals surface area contributed by atoms with Gasteiger partial charge in [0.15, 0.2) is 5.82 Å². The molecule has 1 N–H and O–H groups in total. The number of thiophene rings is 1. The predicted octanol–water partition coefficient (Wildman–Crippen LogP) is 2.77. The Kier molecular flexibility index (Phi) is 4.20. The third-order valence-corrected chi connectivity index (χ3v) is 4.43. The highest BCUT2D eigenvalue weighted by Gasteiger charge is 2.13. The standard InChI is InChI=1S/C12H12BrN7S/c1-2-4-15-11-17-10(9-8(13)3-5-21-9)18-12(19-11)20-7-14-6-16-20/h3,5-7H,2,4H2,1H3,(H,15,17,18,19). The van der Waals surface area contributed by atoms with Gasteiger partial charge in [0.25, 0.3) is 5.95 Å². The van der Waals surface area contributed by atoms with Crippen molar-refractivity contribution >= 4 is 33.2 Å². The molecule has 0 spiro atoms. The number of hydrogen-bond donors (Lipinski definition) is 1. The van der Waals surface area contributed by atoms with E-state index >= 15 is 0 Å². The molecule has 3 aromatic rings. The molecule has 0 fully saturated rings. The first-order chi connectivity index (χ1) is 10.3. The zero-order chi connectivity index (χ0) is 14.7. The van der Waals surface area contributed by atoms with Crippen LogP contribution in [0, 0.1) is 0 Å². The van der Waals surface area contributed by atoms with Gasteiger partial charge in [0.2, 0.25) is 5.95 Å². The summed E-state index contributed by atoms with van der Waals surface area (Å²) in [6.45, 7) is 2.88. The lowest BCUT2D eigenvalue weighted by molar-refractivity contribution is 0.795. The third kappa shape index (κ3) is 3.08. The molecule has 3 rings (SSSR count). The van der Waals surface area contributed by atoms with E-state index in [0.29, 0.717) is 17.7 Å². The molecule has 0 amide bonds. The highest BCUT2D eigenvalue weighted by Crippen LogP contribution is 2.31. The summed E-state index contributed by atoms with van der Waals surface area (Å²) in [5, 5.41) is 9.24. The molecule has 0 aliphatic heterocycles. The summed E-state index contributed by atoms with van der Waals surface area (Å²) in [4.78, 5) is 18.2. The van der Waals surface area contributed by atoms with Gasteiger partial charge in [-0.25, -0.2) is 4.98 Å². The Morgan fingerprint density at radius 1 is 1.33 bits per heavy atom. The molecule has 108 valence electrons. The van der Waals surface area contributed by atoms with Crippen molar-refractivity contribution in [2.75, 3.05) is 11.9 Å². The fourth-order valence-corrected chi connectivity index (χ4v) is 3.13. The Morgan fingerprint density at radius 3 is 2.90 bits per heavy atom. The summed E-state index contributed by atoms with van der Waals surface area (Å²) in [5.41, 5.74) is 0. The van der Waals surface area contributed by atoms with Crippen LogP contribution in [0.2, 0.25) is 0 Å². The largest absolute Gasteiger partial charge is 0.354 e. The van der Waals surface area contributed by atoms with Gasteiger partial charge in [-0.1, -0.05) is 6.92 Å². The smallest absolute Gasteiger partial charge is 0.257 e. The van der Waals surface area contributed by atoms with Crippen molar-refractivity contribution < 1.29 is 0 Å². The first-order valence-corrected chi connectivity index (χ1v) is 8.03. The molecule has 21 heavy (non-hydrogen) atoms. The van der Waals surface area contributed by atoms with Gasteiger partial charge in [-0.2, -0.15) is 24.7 Å². The molecule has 0 saturated carbocycles. The number of nitrogens with zero attached hydrogens (tertiary/aromatic N) is 6. The van der Waals surface area contributed by atoms with Crippen molar-refractivity contribution in [2.45, 2.75) is 13.3 Å². The summed E-state index contributed by atoms with van der Waals surface area (Å²) in [7, 11) is 0. The second-order valence-electron chi connectivity index (χ2n) is 4.15. The Hall–Kier alpha value is -1.87. The lowest BCUT2D eigenvalue weighted by atomic mass is 10.4. The van der Waals surface area contributed by atoms with E-state index in [0.717, 1.165) is 22.3 Å². The maximum Gasteiger partial charge on any atom is 0.257 e. The van der Waals surface area contributed by atoms with E-state index in [4.69, 9.17) is 0 Å². The molecule has 0 aliphatic carbocycles. The lowest BCUT2D eigenvalue weighted by Gasteiger charge is -2.07. The fraction of sp³-hybridized carbons (Fsp3) is 0.250. The van der Waals surface area contributed by atoms with Crippen LogP contribution in [0.25, 0.3) is 16.6 Å². The minimum atomic E-state index is 0.441. The number of aromatic nitrogens is 6. The molecule has 0 unspecified atom stereocenters. The van der Waals surface area contributed by atoms with Crippen molar-refractivity contribution in [3.05, 3.63) is 28.6 Å². The number of hydrogen-bond acceptors (Lipinski definition) is 7. The summed E-state index contributed by atoms with van der Waals surface area (Å²) in [6.07, 6.45) is 4.00. The number of rotatable bonds is 5. The van der Waals surface area contributed by atoms with E-state index < -0.39 is 0 Å². The summed E-state index contributed by atoms with van der Waals surface area (Å²) in [5.74, 6) is 1.58. The topological polar surface area (TPSA) is 81.4 Å². The minimum Gasteiger partial charge on any atom is -0.354 e. The summed E-state index contributed by atoms with van der Waals surface area (Å²) < 4.78 is 2.48. The van der Waals surface area contributed by atoms with Crippen LogP contribution >= 0.6 is 27.3 Å². The molecule has 9 heteroatoms.